The number of hydrogen-bond acceptors (Lipinski definition) is 6. The van der Waals surface area contributed by atoms with Crippen LogP contribution in [0.1, 0.15) is 35.1 Å². The highest BCUT2D eigenvalue weighted by molar-refractivity contribution is 6.31. The fraction of sp³-hybridized carbons (Fsp3) is 0.185. The first kappa shape index (κ1) is 24.2. The lowest BCUT2D eigenvalue weighted by Crippen LogP contribution is -2.17. The Morgan fingerprint density at radius 2 is 1.69 bits per heavy atom. The van der Waals surface area contributed by atoms with Crippen LogP contribution in [0.25, 0.3) is 10.8 Å². The molecule has 1 heterocycles. The molecule has 0 saturated carbocycles. The molecule has 0 saturated heterocycles. The normalized spacial score (nSPS) is 10.7. The molecule has 3 aromatic carbocycles. The highest BCUT2D eigenvalue weighted by Gasteiger charge is 2.19. The Kier molecular flexibility index (Phi) is 7.27. The topological polar surface area (TPSA) is 84.4 Å². The first-order valence-corrected chi connectivity index (χ1v) is 11.6. The first-order valence-electron chi connectivity index (χ1n) is 11.2. The molecule has 0 bridgehead atoms. The fourth-order valence-corrected chi connectivity index (χ4v) is 3.75. The largest absolute Gasteiger partial charge is 0.419 e. The number of esters is 1. The smallest absolute Gasteiger partial charge is 0.311 e. The van der Waals surface area contributed by atoms with Crippen molar-refractivity contribution in [1.29, 1.82) is 0 Å². The van der Waals surface area contributed by atoms with Gasteiger partial charge in [-0.3, -0.25) is 9.59 Å². The van der Waals surface area contributed by atoms with Crippen LogP contribution in [0, 0.1) is 0 Å². The van der Waals surface area contributed by atoms with Gasteiger partial charge in [0.05, 0.1) is 0 Å². The lowest BCUT2D eigenvalue weighted by atomic mass is 10.1. The molecule has 0 spiro atoms. The van der Waals surface area contributed by atoms with E-state index >= 15 is 0 Å². The number of fused-ring (bicyclic) bond motifs is 1. The molecule has 0 aliphatic heterocycles. The molecular formula is C27H25ClN4O3. The molecule has 178 valence electrons. The van der Waals surface area contributed by atoms with Crippen LogP contribution in [0.5, 0.6) is 5.75 Å². The van der Waals surface area contributed by atoms with Gasteiger partial charge >= 0.3 is 5.97 Å². The van der Waals surface area contributed by atoms with Crippen LogP contribution >= 0.6 is 11.6 Å². The first-order chi connectivity index (χ1) is 16.8. The van der Waals surface area contributed by atoms with Crippen LogP contribution in [0.4, 0.5) is 11.5 Å². The van der Waals surface area contributed by atoms with Gasteiger partial charge in [0.25, 0.3) is 5.91 Å². The molecule has 0 atom stereocenters. The van der Waals surface area contributed by atoms with E-state index in [1.54, 1.807) is 25.9 Å². The minimum atomic E-state index is -0.410. The van der Waals surface area contributed by atoms with E-state index < -0.39 is 5.97 Å². The summed E-state index contributed by atoms with van der Waals surface area (Å²) in [5.41, 5.74) is 2.21. The SMILES string of the molecule is CCC(=O)Oc1c(Cl)nc(Cc2ccc(NC(=O)c3ccc4ccccc4c3)cc2)nc1N(C)C. The Hall–Kier alpha value is -3.97. The number of anilines is 2. The summed E-state index contributed by atoms with van der Waals surface area (Å²) in [5, 5.41) is 5.12. The number of nitrogens with one attached hydrogen (secondary N) is 1. The molecule has 0 unspecified atom stereocenters. The summed E-state index contributed by atoms with van der Waals surface area (Å²) in [6.07, 6.45) is 0.635. The van der Waals surface area contributed by atoms with Crippen LogP contribution in [0.2, 0.25) is 5.15 Å². The number of amides is 1. The third-order valence-corrected chi connectivity index (χ3v) is 5.62. The maximum Gasteiger partial charge on any atom is 0.311 e. The van der Waals surface area contributed by atoms with Crippen molar-refractivity contribution in [3.8, 4) is 5.75 Å². The summed E-state index contributed by atoms with van der Waals surface area (Å²) < 4.78 is 5.33. The Labute approximate surface area is 208 Å². The zero-order chi connectivity index (χ0) is 24.9. The Morgan fingerprint density at radius 3 is 2.37 bits per heavy atom. The predicted molar refractivity (Wildman–Crippen MR) is 138 cm³/mol. The van der Waals surface area contributed by atoms with Crippen molar-refractivity contribution in [3.63, 3.8) is 0 Å². The van der Waals surface area contributed by atoms with Crippen molar-refractivity contribution >= 4 is 45.8 Å². The molecule has 7 nitrogen and oxygen atoms in total. The molecule has 1 amide bonds. The van der Waals surface area contributed by atoms with Gasteiger partial charge in [-0.2, -0.15) is 0 Å². The molecule has 0 radical (unpaired) electrons. The van der Waals surface area contributed by atoms with Crippen LogP contribution in [0.3, 0.4) is 0 Å². The van der Waals surface area contributed by atoms with Gasteiger partial charge < -0.3 is 15.0 Å². The molecule has 0 aliphatic carbocycles. The quantitative estimate of drug-likeness (QED) is 0.273. The monoisotopic (exact) mass is 488 g/mol. The zero-order valence-corrected chi connectivity index (χ0v) is 20.5. The lowest BCUT2D eigenvalue weighted by molar-refractivity contribution is -0.134. The van der Waals surface area contributed by atoms with E-state index in [0.29, 0.717) is 29.3 Å². The number of carbonyl (C=O) groups is 2. The van der Waals surface area contributed by atoms with Crippen molar-refractivity contribution < 1.29 is 14.3 Å². The summed E-state index contributed by atoms with van der Waals surface area (Å²) in [7, 11) is 3.58. The van der Waals surface area contributed by atoms with E-state index in [1.807, 2.05) is 66.7 Å². The third-order valence-electron chi connectivity index (χ3n) is 5.37. The maximum absolute atomic E-state index is 12.7. The van der Waals surface area contributed by atoms with E-state index in [1.165, 1.54) is 0 Å². The second-order valence-corrected chi connectivity index (χ2v) is 8.55. The number of benzene rings is 3. The third kappa shape index (κ3) is 5.75. The highest BCUT2D eigenvalue weighted by Crippen LogP contribution is 2.32. The van der Waals surface area contributed by atoms with Gasteiger partial charge in [0, 0.05) is 38.2 Å². The molecule has 4 rings (SSSR count). The molecule has 35 heavy (non-hydrogen) atoms. The van der Waals surface area contributed by atoms with Gasteiger partial charge in [-0.25, -0.2) is 9.97 Å². The van der Waals surface area contributed by atoms with Crippen LogP contribution in [-0.4, -0.2) is 35.9 Å². The van der Waals surface area contributed by atoms with Gasteiger partial charge in [0.15, 0.2) is 11.0 Å². The second kappa shape index (κ2) is 10.5. The summed E-state index contributed by atoms with van der Waals surface area (Å²) in [6, 6.07) is 21.0. The number of carbonyl (C=O) groups excluding carboxylic acids is 2. The number of rotatable bonds is 7. The number of nitrogens with zero attached hydrogens (tertiary/aromatic N) is 3. The van der Waals surface area contributed by atoms with E-state index in [2.05, 4.69) is 15.3 Å². The van der Waals surface area contributed by atoms with Gasteiger partial charge in [0.2, 0.25) is 5.75 Å². The van der Waals surface area contributed by atoms with Crippen LogP contribution in [0.15, 0.2) is 66.7 Å². The number of halogens is 1. The van der Waals surface area contributed by atoms with Crippen molar-refractivity contribution in [3.05, 3.63) is 88.8 Å². The Morgan fingerprint density at radius 1 is 0.971 bits per heavy atom. The van der Waals surface area contributed by atoms with Crippen molar-refractivity contribution in [2.24, 2.45) is 0 Å². The van der Waals surface area contributed by atoms with Gasteiger partial charge in [0.1, 0.15) is 5.82 Å². The standard InChI is InChI=1S/C27H25ClN4O3/c1-4-23(33)35-24-25(28)30-22(31-26(24)32(2)3)15-17-9-13-21(14-10-17)29-27(34)20-12-11-18-7-5-6-8-19(18)16-20/h5-14,16H,4,15H2,1-3H3,(H,29,34). The highest BCUT2D eigenvalue weighted by atomic mass is 35.5. The molecule has 4 aromatic rings. The van der Waals surface area contributed by atoms with Gasteiger partial charge in [-0.1, -0.05) is 61.0 Å². The molecular weight excluding hydrogens is 464 g/mol. The maximum atomic E-state index is 12.7. The second-order valence-electron chi connectivity index (χ2n) is 8.20. The van der Waals surface area contributed by atoms with E-state index in [0.717, 1.165) is 16.3 Å². The fourth-order valence-electron chi connectivity index (χ4n) is 3.53. The Bertz CT molecular complexity index is 1390. The Balaban J connectivity index is 1.47. The molecule has 0 aliphatic rings. The molecule has 8 heteroatoms. The van der Waals surface area contributed by atoms with Crippen LogP contribution in [-0.2, 0) is 11.2 Å². The zero-order valence-electron chi connectivity index (χ0n) is 19.7. The van der Waals surface area contributed by atoms with Crippen molar-refractivity contribution in [1.82, 2.24) is 9.97 Å². The molecule has 1 aromatic heterocycles. The van der Waals surface area contributed by atoms with Gasteiger partial charge in [-0.15, -0.1) is 0 Å². The number of hydrogen-bond donors (Lipinski definition) is 1. The van der Waals surface area contributed by atoms with Crippen molar-refractivity contribution in [2.75, 3.05) is 24.3 Å². The summed E-state index contributed by atoms with van der Waals surface area (Å²) in [6.45, 7) is 1.70. The average Bonchev–Trinajstić information content (AvgIpc) is 2.86. The van der Waals surface area contributed by atoms with Crippen LogP contribution < -0.4 is 15.0 Å². The molecule has 1 N–H and O–H groups in total. The summed E-state index contributed by atoms with van der Waals surface area (Å²) >= 11 is 6.32. The average molecular weight is 489 g/mol. The number of aromatic nitrogens is 2. The summed E-state index contributed by atoms with van der Waals surface area (Å²) in [4.78, 5) is 35.0. The number of ether oxygens (including phenoxy) is 1. The van der Waals surface area contributed by atoms with Gasteiger partial charge in [-0.05, 0) is 40.6 Å². The lowest BCUT2D eigenvalue weighted by Gasteiger charge is -2.17. The summed E-state index contributed by atoms with van der Waals surface area (Å²) in [5.74, 6) is 0.488. The molecule has 0 fully saturated rings. The van der Waals surface area contributed by atoms with Crippen molar-refractivity contribution in [2.45, 2.75) is 19.8 Å². The predicted octanol–water partition coefficient (Wildman–Crippen LogP) is 5.51. The van der Waals surface area contributed by atoms with E-state index in [4.69, 9.17) is 16.3 Å². The minimum Gasteiger partial charge on any atom is -0.419 e. The minimum absolute atomic E-state index is 0.0831. The van der Waals surface area contributed by atoms with E-state index in [9.17, 15) is 9.59 Å². The van der Waals surface area contributed by atoms with E-state index in [-0.39, 0.29) is 23.2 Å².